The minimum Gasteiger partial charge on any atom is -0.483 e. The van der Waals surface area contributed by atoms with Gasteiger partial charge in [0.25, 0.3) is 0 Å². The Morgan fingerprint density at radius 2 is 1.25 bits per heavy atom. The van der Waals surface area contributed by atoms with E-state index < -0.39 is 47.3 Å². The van der Waals surface area contributed by atoms with Crippen molar-refractivity contribution in [3.63, 3.8) is 0 Å². The number of rotatable bonds is 5. The first kappa shape index (κ1) is 19.8. The summed E-state index contributed by atoms with van der Waals surface area (Å²) in [6.07, 6.45) is 0. The van der Waals surface area contributed by atoms with Gasteiger partial charge in [-0.1, -0.05) is 12.1 Å². The Morgan fingerprint density at radius 3 is 1.79 bits per heavy atom. The molecule has 0 atom stereocenters. The lowest BCUT2D eigenvalue weighted by Crippen LogP contribution is -2.03. The number of benzene rings is 3. The van der Waals surface area contributed by atoms with Crippen LogP contribution >= 0.6 is 0 Å². The summed E-state index contributed by atoms with van der Waals surface area (Å²) >= 11 is 0. The maximum Gasteiger partial charge on any atom is 0.194 e. The maximum absolute atomic E-state index is 14.3. The first-order valence-electron chi connectivity index (χ1n) is 8.04. The second-order valence-electron chi connectivity index (χ2n) is 5.95. The van der Waals surface area contributed by atoms with Gasteiger partial charge < -0.3 is 10.5 Å². The van der Waals surface area contributed by atoms with Gasteiger partial charge >= 0.3 is 0 Å². The van der Waals surface area contributed by atoms with Crippen LogP contribution in [0.5, 0.6) is 5.75 Å². The van der Waals surface area contributed by atoms with Crippen molar-refractivity contribution >= 4 is 0 Å². The van der Waals surface area contributed by atoms with E-state index >= 15 is 0 Å². The van der Waals surface area contributed by atoms with Crippen molar-refractivity contribution in [2.75, 3.05) is 0 Å². The van der Waals surface area contributed by atoms with Crippen molar-refractivity contribution in [1.29, 1.82) is 0 Å². The van der Waals surface area contributed by atoms with E-state index in [4.69, 9.17) is 10.5 Å². The molecule has 0 amide bonds. The highest BCUT2D eigenvalue weighted by molar-refractivity contribution is 5.65. The van der Waals surface area contributed by atoms with E-state index in [1.165, 1.54) is 12.1 Å². The van der Waals surface area contributed by atoms with E-state index in [0.717, 1.165) is 18.2 Å². The van der Waals surface area contributed by atoms with E-state index in [1.807, 2.05) is 0 Å². The molecule has 0 aromatic heterocycles. The summed E-state index contributed by atoms with van der Waals surface area (Å²) < 4.78 is 87.0. The zero-order chi connectivity index (χ0) is 20.4. The fraction of sp³-hybridized carbons (Fsp3) is 0.100. The SMILES string of the molecule is NCc1ccc(-c2cc(F)c(OCc3cc(F)c(F)c(F)c3)c(F)c2)c(F)c1. The van der Waals surface area contributed by atoms with Gasteiger partial charge in [-0.05, 0) is 47.0 Å². The molecule has 28 heavy (non-hydrogen) atoms. The first-order valence-corrected chi connectivity index (χ1v) is 8.04. The van der Waals surface area contributed by atoms with Crippen LogP contribution in [0.3, 0.4) is 0 Å². The third-order valence-corrected chi connectivity index (χ3v) is 4.01. The van der Waals surface area contributed by atoms with E-state index in [0.29, 0.717) is 17.7 Å². The van der Waals surface area contributed by atoms with Crippen LogP contribution in [0.2, 0.25) is 0 Å². The van der Waals surface area contributed by atoms with Crippen molar-refractivity contribution in [2.24, 2.45) is 5.73 Å². The lowest BCUT2D eigenvalue weighted by Gasteiger charge is -2.12. The molecule has 0 fully saturated rings. The Balaban J connectivity index is 1.86. The molecule has 3 aromatic carbocycles. The molecule has 146 valence electrons. The van der Waals surface area contributed by atoms with Crippen molar-refractivity contribution < 1.29 is 31.1 Å². The second kappa shape index (κ2) is 7.93. The smallest absolute Gasteiger partial charge is 0.194 e. The van der Waals surface area contributed by atoms with Crippen LogP contribution in [0.4, 0.5) is 26.3 Å². The quantitative estimate of drug-likeness (QED) is 0.473. The molecule has 0 radical (unpaired) electrons. The highest BCUT2D eigenvalue weighted by Gasteiger charge is 2.17. The molecule has 0 unspecified atom stereocenters. The Labute approximate surface area is 156 Å². The molecule has 2 nitrogen and oxygen atoms in total. The first-order chi connectivity index (χ1) is 13.3. The molecule has 0 aliphatic heterocycles. The number of halogens is 6. The van der Waals surface area contributed by atoms with E-state index in [2.05, 4.69) is 0 Å². The standard InChI is InChI=1S/C20H13F6NO/c21-14-3-10(8-27)1-2-13(14)12-6-17(24)20(18(25)7-12)28-9-11-4-15(22)19(26)16(23)5-11/h1-7H,8-9,27H2. The van der Waals surface area contributed by atoms with Gasteiger partial charge in [-0.25, -0.2) is 26.3 Å². The van der Waals surface area contributed by atoms with E-state index in [1.54, 1.807) is 0 Å². The zero-order valence-corrected chi connectivity index (χ0v) is 14.2. The van der Waals surface area contributed by atoms with Crippen LogP contribution in [0.1, 0.15) is 11.1 Å². The monoisotopic (exact) mass is 397 g/mol. The number of hydrogen-bond acceptors (Lipinski definition) is 2. The van der Waals surface area contributed by atoms with Gasteiger partial charge in [-0.15, -0.1) is 0 Å². The molecule has 8 heteroatoms. The van der Waals surface area contributed by atoms with Gasteiger partial charge in [0.2, 0.25) is 0 Å². The number of ether oxygens (including phenoxy) is 1. The average molecular weight is 397 g/mol. The lowest BCUT2D eigenvalue weighted by atomic mass is 10.0. The van der Waals surface area contributed by atoms with Crippen LogP contribution in [-0.4, -0.2) is 0 Å². The van der Waals surface area contributed by atoms with Gasteiger partial charge in [0, 0.05) is 12.1 Å². The molecule has 0 saturated carbocycles. The second-order valence-corrected chi connectivity index (χ2v) is 5.95. The Bertz CT molecular complexity index is 991. The number of nitrogens with two attached hydrogens (primary N) is 1. The molecule has 0 heterocycles. The van der Waals surface area contributed by atoms with Gasteiger partial charge in [0.1, 0.15) is 12.4 Å². The van der Waals surface area contributed by atoms with Crippen molar-refractivity contribution in [2.45, 2.75) is 13.2 Å². The van der Waals surface area contributed by atoms with Gasteiger partial charge in [-0.2, -0.15) is 0 Å². The fourth-order valence-electron chi connectivity index (χ4n) is 2.62. The Morgan fingerprint density at radius 1 is 0.679 bits per heavy atom. The molecule has 0 saturated heterocycles. The van der Waals surface area contributed by atoms with Crippen LogP contribution < -0.4 is 10.5 Å². The summed E-state index contributed by atoms with van der Waals surface area (Å²) in [4.78, 5) is 0. The highest BCUT2D eigenvalue weighted by atomic mass is 19.2. The molecular formula is C20H13F6NO. The Kier molecular flexibility index (Phi) is 5.60. The molecule has 0 bridgehead atoms. The lowest BCUT2D eigenvalue weighted by molar-refractivity contribution is 0.272. The van der Waals surface area contributed by atoms with Crippen LogP contribution in [0.15, 0.2) is 42.5 Å². The predicted octanol–water partition coefficient (Wildman–Crippen LogP) is 5.23. The van der Waals surface area contributed by atoms with Gasteiger partial charge in [0.15, 0.2) is 34.8 Å². The molecule has 0 aliphatic carbocycles. The fourth-order valence-corrected chi connectivity index (χ4v) is 2.62. The summed E-state index contributed by atoms with van der Waals surface area (Å²) in [6.45, 7) is -0.502. The summed E-state index contributed by atoms with van der Waals surface area (Å²) in [5, 5.41) is 0. The molecular weight excluding hydrogens is 384 g/mol. The van der Waals surface area contributed by atoms with Crippen LogP contribution in [0, 0.1) is 34.9 Å². The average Bonchev–Trinajstić information content (AvgIpc) is 2.65. The van der Waals surface area contributed by atoms with Gasteiger partial charge in [-0.3, -0.25) is 0 Å². The minimum atomic E-state index is -1.66. The normalized spacial score (nSPS) is 11.0. The zero-order valence-electron chi connectivity index (χ0n) is 14.2. The molecule has 0 aliphatic rings. The van der Waals surface area contributed by atoms with Crippen molar-refractivity contribution in [3.8, 4) is 16.9 Å². The summed E-state index contributed by atoms with van der Waals surface area (Å²) in [5.41, 5.74) is 5.66. The Hall–Kier alpha value is -3.00. The van der Waals surface area contributed by atoms with Crippen LogP contribution in [-0.2, 0) is 13.2 Å². The highest BCUT2D eigenvalue weighted by Crippen LogP contribution is 2.31. The topological polar surface area (TPSA) is 35.2 Å². The molecule has 0 spiro atoms. The van der Waals surface area contributed by atoms with E-state index in [9.17, 15) is 26.3 Å². The van der Waals surface area contributed by atoms with Crippen molar-refractivity contribution in [1.82, 2.24) is 0 Å². The molecule has 3 aromatic rings. The number of hydrogen-bond donors (Lipinski definition) is 1. The summed E-state index contributed by atoms with van der Waals surface area (Å²) in [6, 6.07) is 7.06. The maximum atomic E-state index is 14.3. The summed E-state index contributed by atoms with van der Waals surface area (Å²) in [5.74, 6) is -8.35. The molecule has 3 rings (SSSR count). The van der Waals surface area contributed by atoms with Gasteiger partial charge in [0.05, 0.1) is 0 Å². The van der Waals surface area contributed by atoms with E-state index in [-0.39, 0.29) is 23.2 Å². The predicted molar refractivity (Wildman–Crippen MR) is 90.3 cm³/mol. The largest absolute Gasteiger partial charge is 0.483 e. The third-order valence-electron chi connectivity index (χ3n) is 4.01. The molecule has 2 N–H and O–H groups in total. The summed E-state index contributed by atoms with van der Waals surface area (Å²) in [7, 11) is 0. The van der Waals surface area contributed by atoms with Crippen molar-refractivity contribution in [3.05, 3.63) is 88.5 Å². The van der Waals surface area contributed by atoms with Crippen LogP contribution in [0.25, 0.3) is 11.1 Å². The third kappa shape index (κ3) is 3.96. The minimum absolute atomic E-state index is 0.0378.